The second kappa shape index (κ2) is 9.43. The molecule has 3 heterocycles. The number of hydrogen-bond donors (Lipinski definition) is 2. The number of carbonyl (C=O) groups excluding carboxylic acids is 2. The molecule has 0 spiro atoms. The summed E-state index contributed by atoms with van der Waals surface area (Å²) in [5, 5.41) is 3.13. The Kier molecular flexibility index (Phi) is 6.41. The molecule has 1 saturated carbocycles. The Bertz CT molecular complexity index is 1380. The molecule has 1 aliphatic heterocycles. The van der Waals surface area contributed by atoms with Gasteiger partial charge in [0, 0.05) is 30.6 Å². The molecule has 1 aromatic carbocycles. The van der Waals surface area contributed by atoms with Crippen LogP contribution in [-0.2, 0) is 4.79 Å². The van der Waals surface area contributed by atoms with Crippen molar-refractivity contribution in [2.24, 2.45) is 11.3 Å². The highest BCUT2D eigenvalue weighted by atomic mass is 19.1. The summed E-state index contributed by atoms with van der Waals surface area (Å²) in [6.45, 7) is 11.0. The van der Waals surface area contributed by atoms with E-state index in [9.17, 15) is 9.59 Å². The monoisotopic (exact) mass is 507 g/mol. The molecular weight excluding hydrogens is 473 g/mol. The fourth-order valence-electron chi connectivity index (χ4n) is 5.10. The number of nitrogens with one attached hydrogen (secondary N) is 2. The number of benzene rings is 1. The Morgan fingerprint density at radius 2 is 2.00 bits per heavy atom. The number of halogens is 1. The maximum Gasteiger partial charge on any atom is 0.255 e. The van der Waals surface area contributed by atoms with Crippen LogP contribution in [0.2, 0.25) is 0 Å². The van der Waals surface area contributed by atoms with Crippen molar-refractivity contribution < 1.29 is 18.7 Å². The number of aromatic amines is 1. The van der Waals surface area contributed by atoms with Gasteiger partial charge in [-0.1, -0.05) is 26.8 Å². The molecule has 1 aliphatic carbocycles. The minimum Gasteiger partial charge on any atom is -0.492 e. The third-order valence-electron chi connectivity index (χ3n) is 7.61. The Labute approximate surface area is 216 Å². The highest BCUT2D eigenvalue weighted by Gasteiger charge is 2.42. The lowest BCUT2D eigenvalue weighted by Crippen LogP contribution is -2.44. The van der Waals surface area contributed by atoms with Crippen molar-refractivity contribution in [1.82, 2.24) is 25.2 Å². The zero-order valence-corrected chi connectivity index (χ0v) is 22.1. The lowest BCUT2D eigenvalue weighted by Gasteiger charge is -2.26. The van der Waals surface area contributed by atoms with Gasteiger partial charge in [-0.05, 0) is 44.2 Å². The number of likely N-dealkylation sites (tertiary alicyclic amines) is 1. The minimum atomic E-state index is -0.403. The predicted molar refractivity (Wildman–Crippen MR) is 139 cm³/mol. The molecule has 2 aromatic heterocycles. The van der Waals surface area contributed by atoms with Gasteiger partial charge in [-0.25, -0.2) is 14.4 Å². The fraction of sp³-hybridized carbons (Fsp3) is 0.500. The van der Waals surface area contributed by atoms with E-state index in [-0.39, 0.29) is 28.8 Å². The molecule has 0 bridgehead atoms. The van der Waals surface area contributed by atoms with Crippen LogP contribution in [0.3, 0.4) is 0 Å². The highest BCUT2D eigenvalue weighted by molar-refractivity contribution is 6.09. The summed E-state index contributed by atoms with van der Waals surface area (Å²) >= 11 is 0. The fourth-order valence-corrected chi connectivity index (χ4v) is 5.10. The van der Waals surface area contributed by atoms with Crippen LogP contribution in [0.1, 0.15) is 61.6 Å². The van der Waals surface area contributed by atoms with Crippen molar-refractivity contribution in [3.8, 4) is 17.0 Å². The second-order valence-corrected chi connectivity index (χ2v) is 11.0. The molecule has 3 aromatic rings. The van der Waals surface area contributed by atoms with E-state index in [2.05, 4.69) is 20.3 Å². The first-order valence-electron chi connectivity index (χ1n) is 12.9. The van der Waals surface area contributed by atoms with Gasteiger partial charge in [-0.3, -0.25) is 9.59 Å². The molecule has 1 unspecified atom stereocenters. The summed E-state index contributed by atoms with van der Waals surface area (Å²) < 4.78 is 21.5. The molecule has 1 atom stereocenters. The zero-order chi connectivity index (χ0) is 26.5. The van der Waals surface area contributed by atoms with E-state index in [0.717, 1.165) is 12.8 Å². The van der Waals surface area contributed by atoms with Crippen molar-refractivity contribution in [1.29, 1.82) is 0 Å². The number of amides is 2. The van der Waals surface area contributed by atoms with Crippen molar-refractivity contribution in [3.05, 3.63) is 41.1 Å². The summed E-state index contributed by atoms with van der Waals surface area (Å²) in [4.78, 5) is 39.7. The molecule has 0 radical (unpaired) electrons. The molecule has 2 N–H and O–H groups in total. The standard InChI is InChI=1S/C28H34FN5O3/c1-6-20(35)34-11-19(28(4,5)13-34)33-27(36)21-16(3)32-26-24(21)30-14-31-25(26)22-18(37-12-17-8-9-17)10-7-15(2)23(22)29/h7,10,14,17,19,32H,6,8-9,11-13H2,1-5H3,(H,33,36). The second-order valence-electron chi connectivity index (χ2n) is 11.0. The van der Waals surface area contributed by atoms with E-state index in [1.165, 1.54) is 6.33 Å². The largest absolute Gasteiger partial charge is 0.492 e. The van der Waals surface area contributed by atoms with Gasteiger partial charge in [0.15, 0.2) is 0 Å². The number of hydrogen-bond acceptors (Lipinski definition) is 5. The summed E-state index contributed by atoms with van der Waals surface area (Å²) in [6, 6.07) is 3.27. The Morgan fingerprint density at radius 1 is 1.24 bits per heavy atom. The predicted octanol–water partition coefficient (Wildman–Crippen LogP) is 4.55. The Hall–Kier alpha value is -3.49. The molecule has 196 valence electrons. The van der Waals surface area contributed by atoms with Gasteiger partial charge >= 0.3 is 0 Å². The SMILES string of the molecule is CCC(=O)N1CC(NC(=O)c2c(C)[nH]c3c(-c4c(OCC5CC5)ccc(C)c4F)ncnc23)C(C)(C)C1. The van der Waals surface area contributed by atoms with E-state index >= 15 is 4.39 Å². The molecule has 1 saturated heterocycles. The molecule has 2 amide bonds. The molecule has 9 heteroatoms. The molecule has 5 rings (SSSR count). The molecule has 37 heavy (non-hydrogen) atoms. The van der Waals surface area contributed by atoms with E-state index < -0.39 is 5.82 Å². The first-order chi connectivity index (χ1) is 17.6. The van der Waals surface area contributed by atoms with Crippen LogP contribution in [0.5, 0.6) is 5.75 Å². The summed E-state index contributed by atoms with van der Waals surface area (Å²) in [6.07, 6.45) is 4.03. The normalized spacial score (nSPS) is 18.9. The van der Waals surface area contributed by atoms with Crippen molar-refractivity contribution >= 4 is 22.8 Å². The van der Waals surface area contributed by atoms with E-state index in [4.69, 9.17) is 4.74 Å². The number of aryl methyl sites for hydroxylation is 2. The summed E-state index contributed by atoms with van der Waals surface area (Å²) in [5.74, 6) is 0.327. The first kappa shape index (κ1) is 25.2. The molecular formula is C28H34FN5O3. The van der Waals surface area contributed by atoms with Gasteiger partial charge < -0.3 is 19.9 Å². The van der Waals surface area contributed by atoms with Crippen molar-refractivity contribution in [3.63, 3.8) is 0 Å². The van der Waals surface area contributed by atoms with Gasteiger partial charge in [0.05, 0.1) is 29.3 Å². The van der Waals surface area contributed by atoms with Crippen LogP contribution >= 0.6 is 0 Å². The summed E-state index contributed by atoms with van der Waals surface area (Å²) in [5.41, 5.74) is 2.75. The van der Waals surface area contributed by atoms with Gasteiger partial charge in [0.25, 0.3) is 5.91 Å². The Morgan fingerprint density at radius 3 is 2.70 bits per heavy atom. The third-order valence-corrected chi connectivity index (χ3v) is 7.61. The van der Waals surface area contributed by atoms with Crippen molar-refractivity contribution in [2.45, 2.75) is 59.9 Å². The smallest absolute Gasteiger partial charge is 0.255 e. The van der Waals surface area contributed by atoms with Gasteiger partial charge in [0.1, 0.15) is 29.1 Å². The number of ether oxygens (including phenoxy) is 1. The van der Waals surface area contributed by atoms with E-state index in [0.29, 0.717) is 71.3 Å². The van der Waals surface area contributed by atoms with E-state index in [1.807, 2.05) is 20.8 Å². The highest BCUT2D eigenvalue weighted by Crippen LogP contribution is 2.39. The molecule has 8 nitrogen and oxygen atoms in total. The molecule has 2 aliphatic rings. The van der Waals surface area contributed by atoms with Crippen LogP contribution in [-0.4, -0.2) is 57.4 Å². The van der Waals surface area contributed by atoms with Crippen LogP contribution in [0.4, 0.5) is 4.39 Å². The quantitative estimate of drug-likeness (QED) is 0.489. The number of aromatic nitrogens is 3. The minimum absolute atomic E-state index is 0.0744. The van der Waals surface area contributed by atoms with Gasteiger partial charge in [0.2, 0.25) is 5.91 Å². The van der Waals surface area contributed by atoms with Crippen molar-refractivity contribution in [2.75, 3.05) is 19.7 Å². The first-order valence-corrected chi connectivity index (χ1v) is 12.9. The van der Waals surface area contributed by atoms with Crippen LogP contribution in [0.25, 0.3) is 22.3 Å². The molecule has 2 fully saturated rings. The Balaban J connectivity index is 1.50. The summed E-state index contributed by atoms with van der Waals surface area (Å²) in [7, 11) is 0. The number of H-pyrrole nitrogens is 1. The number of carbonyl (C=O) groups is 2. The average Bonchev–Trinajstić information content (AvgIpc) is 3.55. The topological polar surface area (TPSA) is 100 Å². The maximum absolute atomic E-state index is 15.5. The average molecular weight is 508 g/mol. The third kappa shape index (κ3) is 4.67. The van der Waals surface area contributed by atoms with E-state index in [1.54, 1.807) is 30.9 Å². The number of nitrogens with zero attached hydrogens (tertiary/aromatic N) is 3. The zero-order valence-electron chi connectivity index (χ0n) is 22.1. The van der Waals surface area contributed by atoms with Crippen LogP contribution < -0.4 is 10.1 Å². The van der Waals surface area contributed by atoms with Gasteiger partial charge in [-0.15, -0.1) is 0 Å². The lowest BCUT2D eigenvalue weighted by molar-refractivity contribution is -0.130. The maximum atomic E-state index is 15.5. The van der Waals surface area contributed by atoms with Crippen LogP contribution in [0.15, 0.2) is 18.5 Å². The number of fused-ring (bicyclic) bond motifs is 1. The lowest BCUT2D eigenvalue weighted by atomic mass is 9.87. The van der Waals surface area contributed by atoms with Crippen LogP contribution in [0, 0.1) is 31.0 Å². The number of rotatable bonds is 7. The van der Waals surface area contributed by atoms with Gasteiger partial charge in [-0.2, -0.15) is 0 Å².